The average molecular weight is 179 g/mol. The van der Waals surface area contributed by atoms with E-state index in [2.05, 4.69) is 10.1 Å². The Balaban J connectivity index is 2.91. The smallest absolute Gasteiger partial charge is 0.266 e. The van der Waals surface area contributed by atoms with Gasteiger partial charge < -0.3 is 0 Å². The van der Waals surface area contributed by atoms with Crippen molar-refractivity contribution in [2.75, 3.05) is 0 Å². The van der Waals surface area contributed by atoms with E-state index in [0.717, 1.165) is 12.5 Å². The van der Waals surface area contributed by atoms with Gasteiger partial charge in [0.2, 0.25) is 0 Å². The molecule has 1 aromatic heterocycles. The van der Waals surface area contributed by atoms with Crippen molar-refractivity contribution in [2.45, 2.75) is 12.7 Å². The molecule has 66 valence electrons. The lowest BCUT2D eigenvalue weighted by Gasteiger charge is -2.05. The summed E-state index contributed by atoms with van der Waals surface area (Å²) in [6, 6.07) is 0. The minimum absolute atomic E-state index is 0.299. The molecule has 0 atom stereocenters. The summed E-state index contributed by atoms with van der Waals surface area (Å²) in [5.41, 5.74) is -0.866. The van der Waals surface area contributed by atoms with Crippen LogP contribution in [0.1, 0.15) is 0 Å². The fourth-order valence-electron chi connectivity index (χ4n) is 0.601. The zero-order chi connectivity index (χ0) is 9.19. The Morgan fingerprint density at radius 2 is 2.17 bits per heavy atom. The van der Waals surface area contributed by atoms with Crippen LogP contribution < -0.4 is 5.56 Å². The topological polar surface area (TPSA) is 47.8 Å². The van der Waals surface area contributed by atoms with E-state index in [1.165, 1.54) is 0 Å². The Morgan fingerprint density at radius 3 is 2.67 bits per heavy atom. The maximum atomic E-state index is 11.7. The van der Waals surface area contributed by atoms with Gasteiger partial charge >= 0.3 is 6.18 Å². The molecule has 0 radical (unpaired) electrons. The molecule has 0 aliphatic carbocycles. The Kier molecular flexibility index (Phi) is 2.11. The summed E-state index contributed by atoms with van der Waals surface area (Å²) in [6.45, 7) is -1.38. The van der Waals surface area contributed by atoms with E-state index < -0.39 is 18.3 Å². The molecule has 0 saturated carbocycles. The van der Waals surface area contributed by atoms with Crippen LogP contribution in [-0.2, 0) is 6.54 Å². The lowest BCUT2D eigenvalue weighted by molar-refractivity contribution is -0.143. The predicted octanol–water partition coefficient (Wildman–Crippen LogP) is 0.201. The second-order valence-corrected chi connectivity index (χ2v) is 2.02. The Labute approximate surface area is 64.7 Å². The molecule has 0 N–H and O–H groups in total. The summed E-state index contributed by atoms with van der Waals surface area (Å²) in [7, 11) is 0. The van der Waals surface area contributed by atoms with Crippen molar-refractivity contribution in [3.05, 3.63) is 22.9 Å². The molecule has 7 heteroatoms. The standard InChI is InChI=1S/C5H4F3N3O/c6-5(7,8)2-11-4(12)1-9-3-10-11/h1,3H,2H2. The fraction of sp³-hybridized carbons (Fsp3) is 0.400. The number of nitrogens with zero attached hydrogens (tertiary/aromatic N) is 3. The number of rotatable bonds is 1. The van der Waals surface area contributed by atoms with Gasteiger partial charge in [-0.2, -0.15) is 18.3 Å². The van der Waals surface area contributed by atoms with Crippen molar-refractivity contribution in [1.29, 1.82) is 0 Å². The van der Waals surface area contributed by atoms with Crippen molar-refractivity contribution in [2.24, 2.45) is 0 Å². The molecule has 0 unspecified atom stereocenters. The SMILES string of the molecule is O=c1cncnn1CC(F)(F)F. The monoisotopic (exact) mass is 179 g/mol. The first-order chi connectivity index (χ1) is 5.49. The van der Waals surface area contributed by atoms with Gasteiger partial charge in [0.25, 0.3) is 5.56 Å². The predicted molar refractivity (Wildman–Crippen MR) is 32.3 cm³/mol. The minimum atomic E-state index is -4.43. The number of aromatic nitrogens is 3. The number of hydrogen-bond acceptors (Lipinski definition) is 3. The van der Waals surface area contributed by atoms with Crippen LogP contribution in [0.25, 0.3) is 0 Å². The Hall–Kier alpha value is -1.40. The summed E-state index contributed by atoms with van der Waals surface area (Å²) in [4.78, 5) is 13.9. The van der Waals surface area contributed by atoms with E-state index in [9.17, 15) is 18.0 Å². The molecule has 0 aliphatic heterocycles. The first-order valence-corrected chi connectivity index (χ1v) is 2.93. The third-order valence-electron chi connectivity index (χ3n) is 1.03. The third kappa shape index (κ3) is 2.33. The first kappa shape index (κ1) is 8.69. The van der Waals surface area contributed by atoms with Crippen LogP contribution in [0.2, 0.25) is 0 Å². The zero-order valence-electron chi connectivity index (χ0n) is 5.75. The Morgan fingerprint density at radius 1 is 1.50 bits per heavy atom. The van der Waals surface area contributed by atoms with Crippen LogP contribution in [0.3, 0.4) is 0 Å². The molecule has 1 heterocycles. The van der Waals surface area contributed by atoms with Gasteiger partial charge in [-0.05, 0) is 0 Å². The largest absolute Gasteiger partial charge is 0.408 e. The van der Waals surface area contributed by atoms with Crippen molar-refractivity contribution in [3.8, 4) is 0 Å². The van der Waals surface area contributed by atoms with Crippen LogP contribution in [0.4, 0.5) is 13.2 Å². The van der Waals surface area contributed by atoms with Crippen LogP contribution in [0.15, 0.2) is 17.3 Å². The molecule has 4 nitrogen and oxygen atoms in total. The summed E-state index contributed by atoms with van der Waals surface area (Å²) in [6.07, 6.45) is -2.77. The molecule has 1 rings (SSSR count). The number of alkyl halides is 3. The van der Waals surface area contributed by atoms with Gasteiger partial charge in [-0.3, -0.25) is 4.79 Å². The quantitative estimate of drug-likeness (QED) is 0.618. The van der Waals surface area contributed by atoms with Gasteiger partial charge in [0.15, 0.2) is 0 Å². The minimum Gasteiger partial charge on any atom is -0.266 e. The van der Waals surface area contributed by atoms with Crippen LogP contribution in [0, 0.1) is 0 Å². The average Bonchev–Trinajstić information content (AvgIpc) is 1.91. The molecular weight excluding hydrogens is 175 g/mol. The van der Waals surface area contributed by atoms with Gasteiger partial charge in [0, 0.05) is 0 Å². The second-order valence-electron chi connectivity index (χ2n) is 2.02. The molecule has 0 bridgehead atoms. The van der Waals surface area contributed by atoms with E-state index in [4.69, 9.17) is 0 Å². The molecule has 0 spiro atoms. The van der Waals surface area contributed by atoms with E-state index in [1.807, 2.05) is 0 Å². The molecule has 0 aliphatic rings. The molecule has 0 amide bonds. The van der Waals surface area contributed by atoms with Crippen LogP contribution in [-0.4, -0.2) is 20.9 Å². The van der Waals surface area contributed by atoms with Crippen molar-refractivity contribution in [3.63, 3.8) is 0 Å². The molecule has 12 heavy (non-hydrogen) atoms. The molecule has 0 fully saturated rings. The van der Waals surface area contributed by atoms with E-state index in [-0.39, 0.29) is 0 Å². The third-order valence-corrected chi connectivity index (χ3v) is 1.03. The fourth-order valence-corrected chi connectivity index (χ4v) is 0.601. The molecule has 0 saturated heterocycles. The van der Waals surface area contributed by atoms with Gasteiger partial charge in [-0.25, -0.2) is 9.67 Å². The first-order valence-electron chi connectivity index (χ1n) is 2.93. The molecule has 0 aromatic carbocycles. The second kappa shape index (κ2) is 2.92. The normalized spacial score (nSPS) is 11.6. The summed E-state index contributed by atoms with van der Waals surface area (Å²) >= 11 is 0. The lowest BCUT2D eigenvalue weighted by atomic mass is 10.6. The Bertz CT molecular complexity index is 318. The number of halogens is 3. The van der Waals surface area contributed by atoms with Gasteiger partial charge in [0.1, 0.15) is 12.9 Å². The van der Waals surface area contributed by atoms with E-state index in [1.54, 1.807) is 0 Å². The number of hydrogen-bond donors (Lipinski definition) is 0. The van der Waals surface area contributed by atoms with Crippen molar-refractivity contribution >= 4 is 0 Å². The molecule has 1 aromatic rings. The highest BCUT2D eigenvalue weighted by Crippen LogP contribution is 2.15. The highest BCUT2D eigenvalue weighted by atomic mass is 19.4. The van der Waals surface area contributed by atoms with Crippen molar-refractivity contribution in [1.82, 2.24) is 14.8 Å². The van der Waals surface area contributed by atoms with Gasteiger partial charge in [-0.15, -0.1) is 0 Å². The van der Waals surface area contributed by atoms with E-state index >= 15 is 0 Å². The zero-order valence-corrected chi connectivity index (χ0v) is 5.75. The maximum Gasteiger partial charge on any atom is 0.408 e. The summed E-state index contributed by atoms with van der Waals surface area (Å²) in [5.74, 6) is 0. The lowest BCUT2D eigenvalue weighted by Crippen LogP contribution is -2.29. The van der Waals surface area contributed by atoms with Crippen molar-refractivity contribution < 1.29 is 13.2 Å². The van der Waals surface area contributed by atoms with E-state index in [0.29, 0.717) is 4.68 Å². The van der Waals surface area contributed by atoms with Gasteiger partial charge in [0.05, 0.1) is 6.20 Å². The highest BCUT2D eigenvalue weighted by molar-refractivity contribution is 4.70. The van der Waals surface area contributed by atoms with Gasteiger partial charge in [-0.1, -0.05) is 0 Å². The van der Waals surface area contributed by atoms with Crippen LogP contribution >= 0.6 is 0 Å². The highest BCUT2D eigenvalue weighted by Gasteiger charge is 2.28. The van der Waals surface area contributed by atoms with Crippen LogP contribution in [0.5, 0.6) is 0 Å². The molecular formula is C5H4F3N3O. The maximum absolute atomic E-state index is 11.7. The summed E-state index contributed by atoms with van der Waals surface area (Å²) in [5, 5.41) is 3.14. The summed E-state index contributed by atoms with van der Waals surface area (Å²) < 4.78 is 35.4.